The van der Waals surface area contributed by atoms with E-state index in [0.717, 1.165) is 38.5 Å². The quantitative estimate of drug-likeness (QED) is 0.639. The van der Waals surface area contributed by atoms with E-state index in [1.807, 2.05) is 6.07 Å². The number of terminal acetylenes is 1. The summed E-state index contributed by atoms with van der Waals surface area (Å²) in [7, 11) is 0. The van der Waals surface area contributed by atoms with E-state index in [1.165, 1.54) is 18.4 Å². The van der Waals surface area contributed by atoms with Gasteiger partial charge in [-0.3, -0.25) is 0 Å². The number of aliphatic hydroxyl groups is 1. The van der Waals surface area contributed by atoms with Crippen molar-refractivity contribution in [1.29, 1.82) is 0 Å². The molecule has 0 unspecified atom stereocenters. The van der Waals surface area contributed by atoms with Crippen LogP contribution in [-0.2, 0) is 6.42 Å². The van der Waals surface area contributed by atoms with Gasteiger partial charge in [0.2, 0.25) is 0 Å². The Morgan fingerprint density at radius 2 is 2.00 bits per heavy atom. The van der Waals surface area contributed by atoms with Gasteiger partial charge in [-0.2, -0.15) is 0 Å². The molecule has 1 nitrogen and oxygen atoms in total. The van der Waals surface area contributed by atoms with Crippen molar-refractivity contribution >= 4 is 0 Å². The van der Waals surface area contributed by atoms with Crippen molar-refractivity contribution in [3.8, 4) is 12.3 Å². The molecular weight excluding hydrogens is 232 g/mol. The predicted molar refractivity (Wildman–Crippen MR) is 79.7 cm³/mol. The highest BCUT2D eigenvalue weighted by Crippen LogP contribution is 2.35. The van der Waals surface area contributed by atoms with Crippen molar-refractivity contribution in [2.75, 3.05) is 0 Å². The van der Waals surface area contributed by atoms with Crippen LogP contribution in [0.15, 0.2) is 30.3 Å². The van der Waals surface area contributed by atoms with Gasteiger partial charge in [0, 0.05) is 0 Å². The van der Waals surface area contributed by atoms with Crippen LogP contribution < -0.4 is 0 Å². The first kappa shape index (κ1) is 14.2. The topological polar surface area (TPSA) is 20.2 Å². The normalized spacial score (nSPS) is 27.5. The third-order valence-electron chi connectivity index (χ3n) is 4.40. The second-order valence-corrected chi connectivity index (χ2v) is 5.74. The zero-order chi connectivity index (χ0) is 13.6. The van der Waals surface area contributed by atoms with Gasteiger partial charge in [0.05, 0.1) is 0 Å². The molecule has 1 aliphatic carbocycles. The van der Waals surface area contributed by atoms with Crippen LogP contribution in [0.25, 0.3) is 0 Å². The van der Waals surface area contributed by atoms with Crippen molar-refractivity contribution in [2.24, 2.45) is 5.92 Å². The van der Waals surface area contributed by atoms with E-state index in [9.17, 15) is 5.11 Å². The molecule has 0 spiro atoms. The molecule has 0 aromatic heterocycles. The number of benzene rings is 1. The van der Waals surface area contributed by atoms with Gasteiger partial charge in [-0.15, -0.1) is 6.42 Å². The lowest BCUT2D eigenvalue weighted by molar-refractivity contribution is 0.0265. The minimum atomic E-state index is -0.854. The van der Waals surface area contributed by atoms with Crippen LogP contribution in [0.2, 0.25) is 0 Å². The highest BCUT2D eigenvalue weighted by Gasteiger charge is 2.35. The summed E-state index contributed by atoms with van der Waals surface area (Å²) >= 11 is 0. The Balaban J connectivity index is 1.88. The van der Waals surface area contributed by atoms with Crippen molar-refractivity contribution in [1.82, 2.24) is 0 Å². The average molecular weight is 256 g/mol. The number of hydrogen-bond donors (Lipinski definition) is 1. The van der Waals surface area contributed by atoms with Crippen LogP contribution in [-0.4, -0.2) is 10.7 Å². The minimum Gasteiger partial charge on any atom is -0.377 e. The molecule has 0 bridgehead atoms. The molecule has 1 saturated carbocycles. The summed E-state index contributed by atoms with van der Waals surface area (Å²) in [5.41, 5.74) is 0.521. The smallest absolute Gasteiger partial charge is 0.128 e. The molecule has 2 atom stereocenters. The lowest BCUT2D eigenvalue weighted by Crippen LogP contribution is -2.35. The Morgan fingerprint density at radius 1 is 1.21 bits per heavy atom. The average Bonchev–Trinajstić information content (AvgIpc) is 2.63. The van der Waals surface area contributed by atoms with Crippen LogP contribution in [0, 0.1) is 18.3 Å². The molecule has 0 saturated heterocycles. The van der Waals surface area contributed by atoms with E-state index in [2.05, 4.69) is 30.2 Å². The van der Waals surface area contributed by atoms with Gasteiger partial charge in [-0.25, -0.2) is 0 Å². The maximum atomic E-state index is 10.6. The Kier molecular flexibility index (Phi) is 5.05. The van der Waals surface area contributed by atoms with Crippen molar-refractivity contribution in [2.45, 2.75) is 57.0 Å². The molecular formula is C18H24O. The van der Waals surface area contributed by atoms with Crippen molar-refractivity contribution in [3.05, 3.63) is 35.9 Å². The summed E-state index contributed by atoms with van der Waals surface area (Å²) in [6.45, 7) is 0. The van der Waals surface area contributed by atoms with Crippen LogP contribution in [0.3, 0.4) is 0 Å². The lowest BCUT2D eigenvalue weighted by Gasteiger charge is -2.30. The summed E-state index contributed by atoms with van der Waals surface area (Å²) in [6.07, 6.45) is 14.1. The SMILES string of the molecule is C#C[C@@]1(O)CCCCC[C@@H]1CCCc1ccccc1. The Bertz CT molecular complexity index is 417. The van der Waals surface area contributed by atoms with Crippen LogP contribution in [0.5, 0.6) is 0 Å². The third kappa shape index (κ3) is 3.85. The molecule has 19 heavy (non-hydrogen) atoms. The van der Waals surface area contributed by atoms with Gasteiger partial charge in [0.25, 0.3) is 0 Å². The zero-order valence-electron chi connectivity index (χ0n) is 11.6. The van der Waals surface area contributed by atoms with Gasteiger partial charge < -0.3 is 5.11 Å². The Hall–Kier alpha value is -1.26. The monoisotopic (exact) mass is 256 g/mol. The second kappa shape index (κ2) is 6.78. The molecule has 102 valence electrons. The molecule has 0 radical (unpaired) electrons. The van der Waals surface area contributed by atoms with Crippen LogP contribution in [0.4, 0.5) is 0 Å². The molecule has 1 N–H and O–H groups in total. The van der Waals surface area contributed by atoms with Gasteiger partial charge in [0.15, 0.2) is 0 Å². The van der Waals surface area contributed by atoms with Crippen LogP contribution in [0.1, 0.15) is 50.5 Å². The van der Waals surface area contributed by atoms with E-state index in [-0.39, 0.29) is 5.92 Å². The molecule has 1 fully saturated rings. The summed E-state index contributed by atoms with van der Waals surface area (Å²) in [5, 5.41) is 10.6. The number of hydrogen-bond acceptors (Lipinski definition) is 1. The maximum Gasteiger partial charge on any atom is 0.128 e. The summed E-state index contributed by atoms with van der Waals surface area (Å²) in [6, 6.07) is 10.5. The van der Waals surface area contributed by atoms with Crippen molar-refractivity contribution in [3.63, 3.8) is 0 Å². The van der Waals surface area contributed by atoms with E-state index in [0.29, 0.717) is 0 Å². The zero-order valence-corrected chi connectivity index (χ0v) is 11.6. The first-order chi connectivity index (χ1) is 9.24. The summed E-state index contributed by atoms with van der Waals surface area (Å²) in [4.78, 5) is 0. The molecule has 0 aliphatic heterocycles. The van der Waals surface area contributed by atoms with Gasteiger partial charge in [-0.1, -0.05) is 49.1 Å². The largest absolute Gasteiger partial charge is 0.377 e. The summed E-state index contributed by atoms with van der Waals surface area (Å²) in [5.74, 6) is 2.96. The predicted octanol–water partition coefficient (Wildman–Crippen LogP) is 3.95. The summed E-state index contributed by atoms with van der Waals surface area (Å²) < 4.78 is 0. The fourth-order valence-corrected chi connectivity index (χ4v) is 3.18. The van der Waals surface area contributed by atoms with Gasteiger partial charge in [-0.05, 0) is 50.0 Å². The van der Waals surface area contributed by atoms with E-state index in [1.54, 1.807) is 0 Å². The molecule has 1 aromatic carbocycles. The highest BCUT2D eigenvalue weighted by molar-refractivity contribution is 5.15. The highest BCUT2D eigenvalue weighted by atomic mass is 16.3. The maximum absolute atomic E-state index is 10.6. The second-order valence-electron chi connectivity index (χ2n) is 5.74. The van der Waals surface area contributed by atoms with Gasteiger partial charge in [0.1, 0.15) is 5.60 Å². The third-order valence-corrected chi connectivity index (χ3v) is 4.40. The lowest BCUT2D eigenvalue weighted by atomic mass is 9.80. The van der Waals surface area contributed by atoms with E-state index in [4.69, 9.17) is 6.42 Å². The first-order valence-corrected chi connectivity index (χ1v) is 7.49. The van der Waals surface area contributed by atoms with E-state index < -0.39 is 5.60 Å². The first-order valence-electron chi connectivity index (χ1n) is 7.49. The van der Waals surface area contributed by atoms with E-state index >= 15 is 0 Å². The fourth-order valence-electron chi connectivity index (χ4n) is 3.18. The fraction of sp³-hybridized carbons (Fsp3) is 0.556. The molecule has 1 heteroatoms. The molecule has 2 rings (SSSR count). The van der Waals surface area contributed by atoms with Gasteiger partial charge >= 0.3 is 0 Å². The Morgan fingerprint density at radius 3 is 2.74 bits per heavy atom. The standard InChI is InChI=1S/C18H24O/c1-2-18(19)15-8-4-7-13-17(18)14-9-12-16-10-5-3-6-11-16/h1,3,5-6,10-11,17,19H,4,7-9,12-15H2/t17-,18-/m1/s1. The minimum absolute atomic E-state index is 0.281. The van der Waals surface area contributed by atoms with Crippen LogP contribution >= 0.6 is 0 Å². The van der Waals surface area contributed by atoms with Crippen molar-refractivity contribution < 1.29 is 5.11 Å². The molecule has 0 amide bonds. The Labute approximate surface area is 117 Å². The molecule has 1 aromatic rings. The molecule has 1 aliphatic rings. The number of rotatable bonds is 4. The molecule has 0 heterocycles. The number of aryl methyl sites for hydroxylation is 1.